The molecule has 2 N–H and O–H groups in total. The van der Waals surface area contributed by atoms with Gasteiger partial charge >= 0.3 is 0 Å². The molecule has 3 heterocycles. The van der Waals surface area contributed by atoms with E-state index in [0.29, 0.717) is 30.0 Å². The molecule has 1 fully saturated rings. The van der Waals surface area contributed by atoms with Gasteiger partial charge in [-0.05, 0) is 64.3 Å². The van der Waals surface area contributed by atoms with Gasteiger partial charge in [-0.15, -0.1) is 0 Å². The molecule has 1 aliphatic heterocycles. The Kier molecular flexibility index (Phi) is 6.82. The van der Waals surface area contributed by atoms with E-state index in [1.54, 1.807) is 6.07 Å². The number of Topliss-reactive ketones (excluding diaryl/α,β-unsaturated/α-hetero) is 2. The summed E-state index contributed by atoms with van der Waals surface area (Å²) in [6.07, 6.45) is 2.27. The predicted octanol–water partition coefficient (Wildman–Crippen LogP) is 3.32. The van der Waals surface area contributed by atoms with Gasteiger partial charge < -0.3 is 10.3 Å². The number of H-pyrrole nitrogens is 1. The number of anilines is 1. The maximum Gasteiger partial charge on any atom is 0.229 e. The number of carbonyl (C=O) groups is 3. The van der Waals surface area contributed by atoms with Gasteiger partial charge in [0.05, 0.1) is 18.2 Å². The zero-order valence-corrected chi connectivity index (χ0v) is 18.2. The number of aromatic amines is 1. The number of ketones is 2. The summed E-state index contributed by atoms with van der Waals surface area (Å²) in [4.78, 5) is 47.1. The van der Waals surface area contributed by atoms with Crippen molar-refractivity contribution in [3.8, 4) is 0 Å². The number of pyridine rings is 1. The third-order valence-corrected chi connectivity index (χ3v) is 5.66. The van der Waals surface area contributed by atoms with Crippen molar-refractivity contribution in [2.75, 3.05) is 25.0 Å². The van der Waals surface area contributed by atoms with E-state index < -0.39 is 0 Å². The molecular weight excluding hydrogens is 380 g/mol. The minimum Gasteiger partial charge on any atom is -0.355 e. The van der Waals surface area contributed by atoms with Crippen molar-refractivity contribution < 1.29 is 14.4 Å². The molecule has 1 atom stereocenters. The van der Waals surface area contributed by atoms with Crippen LogP contribution in [0.15, 0.2) is 18.2 Å². The lowest BCUT2D eigenvalue weighted by Gasteiger charge is -2.31. The van der Waals surface area contributed by atoms with Crippen molar-refractivity contribution in [1.82, 2.24) is 14.9 Å². The Hall–Kier alpha value is -2.80. The highest BCUT2D eigenvalue weighted by atomic mass is 16.2. The molecule has 0 aliphatic carbocycles. The Labute approximate surface area is 177 Å². The van der Waals surface area contributed by atoms with Gasteiger partial charge in [0.1, 0.15) is 5.82 Å². The molecule has 3 rings (SSSR count). The fourth-order valence-corrected chi connectivity index (χ4v) is 4.28. The van der Waals surface area contributed by atoms with E-state index in [-0.39, 0.29) is 29.9 Å². The largest absolute Gasteiger partial charge is 0.355 e. The molecule has 1 amide bonds. The van der Waals surface area contributed by atoms with E-state index in [9.17, 15) is 14.4 Å². The van der Waals surface area contributed by atoms with Gasteiger partial charge in [-0.2, -0.15) is 0 Å². The molecule has 0 radical (unpaired) electrons. The molecule has 1 saturated heterocycles. The minimum absolute atomic E-state index is 0.0286. The van der Waals surface area contributed by atoms with Gasteiger partial charge in [0, 0.05) is 23.5 Å². The number of nitrogens with one attached hydrogen (secondary N) is 2. The lowest BCUT2D eigenvalue weighted by molar-refractivity contribution is -0.121. The van der Waals surface area contributed by atoms with Gasteiger partial charge in [0.15, 0.2) is 11.6 Å². The van der Waals surface area contributed by atoms with Gasteiger partial charge in [-0.25, -0.2) is 4.98 Å². The van der Waals surface area contributed by atoms with Crippen LogP contribution in [0.1, 0.15) is 64.5 Å². The first-order valence-corrected chi connectivity index (χ1v) is 10.5. The minimum atomic E-state index is -0.183. The van der Waals surface area contributed by atoms with Crippen molar-refractivity contribution in [2.24, 2.45) is 5.92 Å². The Bertz CT molecular complexity index is 963. The van der Waals surface area contributed by atoms with E-state index in [0.717, 1.165) is 36.3 Å². The second-order valence-electron chi connectivity index (χ2n) is 8.04. The van der Waals surface area contributed by atoms with Crippen molar-refractivity contribution >= 4 is 23.3 Å². The fourth-order valence-electron chi connectivity index (χ4n) is 4.28. The lowest BCUT2D eigenvalue weighted by Crippen LogP contribution is -2.43. The zero-order valence-electron chi connectivity index (χ0n) is 18.2. The van der Waals surface area contributed by atoms with Crippen molar-refractivity contribution in [2.45, 2.75) is 47.0 Å². The van der Waals surface area contributed by atoms with E-state index in [2.05, 4.69) is 15.3 Å². The molecule has 1 aliphatic rings. The molecular formula is C23H30N4O3. The Morgan fingerprint density at radius 3 is 2.70 bits per heavy atom. The number of likely N-dealkylation sites (tertiary alicyclic amines) is 1. The highest BCUT2D eigenvalue weighted by molar-refractivity contribution is 6.04. The summed E-state index contributed by atoms with van der Waals surface area (Å²) in [7, 11) is 0. The van der Waals surface area contributed by atoms with Crippen LogP contribution in [0.2, 0.25) is 0 Å². The van der Waals surface area contributed by atoms with Crippen molar-refractivity contribution in [3.05, 3.63) is 46.4 Å². The first-order valence-electron chi connectivity index (χ1n) is 10.5. The quantitative estimate of drug-likeness (QED) is 0.683. The molecule has 0 bridgehead atoms. The van der Waals surface area contributed by atoms with Gasteiger partial charge in [0.2, 0.25) is 5.91 Å². The summed E-state index contributed by atoms with van der Waals surface area (Å²) in [5.41, 5.74) is 3.53. The average molecular weight is 411 g/mol. The topological polar surface area (TPSA) is 95.2 Å². The number of rotatable bonds is 7. The first-order chi connectivity index (χ1) is 14.3. The maximum atomic E-state index is 13.0. The van der Waals surface area contributed by atoms with Gasteiger partial charge in [-0.3, -0.25) is 19.3 Å². The molecule has 0 aromatic carbocycles. The molecule has 2 aromatic rings. The molecule has 160 valence electrons. The van der Waals surface area contributed by atoms with Crippen molar-refractivity contribution in [3.63, 3.8) is 0 Å². The first kappa shape index (κ1) is 21.9. The maximum absolute atomic E-state index is 13.0. The van der Waals surface area contributed by atoms with Gasteiger partial charge in [-0.1, -0.05) is 13.0 Å². The molecule has 2 aromatic heterocycles. The zero-order chi connectivity index (χ0) is 21.8. The second-order valence-corrected chi connectivity index (χ2v) is 8.04. The van der Waals surface area contributed by atoms with Crippen LogP contribution in [0.3, 0.4) is 0 Å². The molecule has 30 heavy (non-hydrogen) atoms. The van der Waals surface area contributed by atoms with Crippen LogP contribution < -0.4 is 5.32 Å². The van der Waals surface area contributed by atoms with Crippen LogP contribution >= 0.6 is 0 Å². The number of carbonyl (C=O) groups excluding carboxylic acids is 3. The third kappa shape index (κ3) is 4.84. The van der Waals surface area contributed by atoms with E-state index >= 15 is 0 Å². The van der Waals surface area contributed by atoms with Gasteiger partial charge in [0.25, 0.3) is 0 Å². The lowest BCUT2D eigenvalue weighted by atomic mass is 9.96. The number of hydrogen-bond donors (Lipinski definition) is 2. The number of nitrogens with zero attached hydrogens (tertiary/aromatic N) is 2. The molecule has 0 spiro atoms. The molecule has 0 saturated carbocycles. The third-order valence-electron chi connectivity index (χ3n) is 5.66. The summed E-state index contributed by atoms with van der Waals surface area (Å²) < 4.78 is 0. The Balaban J connectivity index is 1.66. The second kappa shape index (κ2) is 9.34. The Morgan fingerprint density at radius 2 is 2.03 bits per heavy atom. The highest BCUT2D eigenvalue weighted by Crippen LogP contribution is 2.23. The summed E-state index contributed by atoms with van der Waals surface area (Å²) in [6, 6.07) is 5.53. The van der Waals surface area contributed by atoms with Crippen LogP contribution in [0.5, 0.6) is 0 Å². The highest BCUT2D eigenvalue weighted by Gasteiger charge is 2.29. The normalized spacial score (nSPS) is 17.0. The summed E-state index contributed by atoms with van der Waals surface area (Å²) in [6.45, 7) is 8.73. The summed E-state index contributed by atoms with van der Waals surface area (Å²) in [5.74, 6) is 0.245. The standard InChI is InChI=1S/C23H30N4O3/c1-5-18-21(16(4)28)15(3)25-22(18)19(29)13-27-11-7-9-17(12-27)23(30)26-20-10-6-8-14(2)24-20/h6,8,10,17,25H,5,7,9,11-13H2,1-4H3,(H,24,26,30). The molecule has 7 heteroatoms. The smallest absolute Gasteiger partial charge is 0.229 e. The number of hydrogen-bond acceptors (Lipinski definition) is 5. The van der Waals surface area contributed by atoms with Crippen LogP contribution in [-0.4, -0.2) is 52.0 Å². The van der Waals surface area contributed by atoms with Crippen LogP contribution in [0.4, 0.5) is 5.82 Å². The van der Waals surface area contributed by atoms with Crippen molar-refractivity contribution in [1.29, 1.82) is 0 Å². The molecule has 1 unspecified atom stereocenters. The van der Waals surface area contributed by atoms with E-state index in [1.165, 1.54) is 6.92 Å². The Morgan fingerprint density at radius 1 is 1.27 bits per heavy atom. The number of aromatic nitrogens is 2. The predicted molar refractivity (Wildman–Crippen MR) is 116 cm³/mol. The fraction of sp³-hybridized carbons (Fsp3) is 0.478. The summed E-state index contributed by atoms with van der Waals surface area (Å²) >= 11 is 0. The van der Waals surface area contributed by atoms with Crippen LogP contribution in [-0.2, 0) is 11.2 Å². The number of piperidine rings is 1. The number of amides is 1. The van der Waals surface area contributed by atoms with E-state index in [4.69, 9.17) is 0 Å². The monoisotopic (exact) mass is 410 g/mol. The van der Waals surface area contributed by atoms with Crippen LogP contribution in [0.25, 0.3) is 0 Å². The van der Waals surface area contributed by atoms with E-state index in [1.807, 2.05) is 37.8 Å². The molecule has 7 nitrogen and oxygen atoms in total. The number of aryl methyl sites for hydroxylation is 2. The SMILES string of the molecule is CCc1c(C(=O)CN2CCCC(C(=O)Nc3cccc(C)n3)C2)[nH]c(C)c1C(C)=O. The van der Waals surface area contributed by atoms with Crippen LogP contribution in [0, 0.1) is 19.8 Å². The average Bonchev–Trinajstić information content (AvgIpc) is 3.05. The summed E-state index contributed by atoms with van der Waals surface area (Å²) in [5, 5.41) is 2.89.